The molecule has 0 bridgehead atoms. The van der Waals surface area contributed by atoms with Crippen molar-refractivity contribution in [2.24, 2.45) is 11.8 Å². The number of aryl methyl sites for hydroxylation is 2. The molecule has 24 heavy (non-hydrogen) atoms. The standard InChI is InChI=1S/C14H14.C4H12N2O3S/c1-3-7-13(8-4-1)11-12-14-9-5-2-6-10-14;1-3(8-5)10(7)4(2)9-6/h1-10H,11-12H2;3-4H,5-6H2,1-2H3. The van der Waals surface area contributed by atoms with Gasteiger partial charge >= 0.3 is 0 Å². The largest absolute Gasteiger partial charge is 0.612 e. The summed E-state index contributed by atoms with van der Waals surface area (Å²) in [6.07, 6.45) is 2.26. The van der Waals surface area contributed by atoms with Crippen molar-refractivity contribution in [3.63, 3.8) is 0 Å². The van der Waals surface area contributed by atoms with E-state index in [2.05, 4.69) is 70.3 Å². The summed E-state index contributed by atoms with van der Waals surface area (Å²) in [6.45, 7) is 3.15. The van der Waals surface area contributed by atoms with Crippen molar-refractivity contribution in [1.82, 2.24) is 0 Å². The minimum Gasteiger partial charge on any atom is -0.612 e. The maximum atomic E-state index is 11.0. The van der Waals surface area contributed by atoms with E-state index >= 15 is 0 Å². The highest BCUT2D eigenvalue weighted by Crippen LogP contribution is 2.08. The van der Waals surface area contributed by atoms with Gasteiger partial charge in [-0.25, -0.2) is 11.8 Å². The smallest absolute Gasteiger partial charge is 0.232 e. The molecule has 0 radical (unpaired) electrons. The van der Waals surface area contributed by atoms with Crippen LogP contribution in [0.25, 0.3) is 0 Å². The van der Waals surface area contributed by atoms with Crippen LogP contribution in [0.15, 0.2) is 60.7 Å². The second kappa shape index (κ2) is 12.0. The second-order valence-corrected chi connectivity index (χ2v) is 7.19. The molecule has 0 aliphatic carbocycles. The summed E-state index contributed by atoms with van der Waals surface area (Å²) >= 11 is -1.30. The molecule has 2 aromatic carbocycles. The van der Waals surface area contributed by atoms with Crippen molar-refractivity contribution in [2.75, 3.05) is 0 Å². The maximum Gasteiger partial charge on any atom is 0.232 e. The lowest BCUT2D eigenvalue weighted by Gasteiger charge is -2.19. The van der Waals surface area contributed by atoms with Gasteiger partial charge < -0.3 is 4.55 Å². The van der Waals surface area contributed by atoms with E-state index in [4.69, 9.17) is 11.8 Å². The first-order valence-electron chi connectivity index (χ1n) is 7.76. The van der Waals surface area contributed by atoms with Gasteiger partial charge in [0.15, 0.2) is 0 Å². The van der Waals surface area contributed by atoms with Gasteiger partial charge in [-0.2, -0.15) is 0 Å². The molecule has 0 heterocycles. The summed E-state index contributed by atoms with van der Waals surface area (Å²) in [5.74, 6) is 9.55. The van der Waals surface area contributed by atoms with E-state index in [9.17, 15) is 4.55 Å². The van der Waals surface area contributed by atoms with Crippen molar-refractivity contribution < 1.29 is 14.2 Å². The predicted molar refractivity (Wildman–Crippen MR) is 97.9 cm³/mol. The fraction of sp³-hybridized carbons (Fsp3) is 0.333. The maximum absolute atomic E-state index is 11.0. The summed E-state index contributed by atoms with van der Waals surface area (Å²) < 4.78 is 11.0. The van der Waals surface area contributed by atoms with Crippen LogP contribution in [0.4, 0.5) is 0 Å². The third kappa shape index (κ3) is 7.92. The summed E-state index contributed by atoms with van der Waals surface area (Å²) in [4.78, 5) is 8.60. The van der Waals surface area contributed by atoms with E-state index in [1.807, 2.05) is 0 Å². The molecule has 0 amide bonds. The lowest BCUT2D eigenvalue weighted by Crippen LogP contribution is -2.34. The van der Waals surface area contributed by atoms with Gasteiger partial charge in [-0.3, -0.25) is 9.68 Å². The molecule has 132 valence electrons. The number of rotatable bonds is 7. The summed E-state index contributed by atoms with van der Waals surface area (Å²) in [6, 6.07) is 21.2. The molecular formula is C18H26N2O3S. The Hall–Kier alpha value is -1.41. The molecule has 0 saturated heterocycles. The fourth-order valence-corrected chi connectivity index (χ4v) is 2.72. The highest BCUT2D eigenvalue weighted by molar-refractivity contribution is 7.92. The third-order valence-corrected chi connectivity index (χ3v) is 4.96. The molecular weight excluding hydrogens is 324 g/mol. The van der Waals surface area contributed by atoms with Crippen LogP contribution in [0, 0.1) is 0 Å². The average Bonchev–Trinajstić information content (AvgIpc) is 2.66. The summed E-state index contributed by atoms with van der Waals surface area (Å²) in [5.41, 5.74) is 1.71. The molecule has 2 atom stereocenters. The third-order valence-electron chi connectivity index (χ3n) is 3.43. The molecule has 0 spiro atoms. The number of nitrogens with two attached hydrogens (primary N) is 2. The fourth-order valence-electron chi connectivity index (χ4n) is 1.96. The number of hydrogen-bond donors (Lipinski definition) is 2. The normalized spacial score (nSPS) is 14.2. The van der Waals surface area contributed by atoms with E-state index in [1.54, 1.807) is 13.8 Å². The van der Waals surface area contributed by atoms with Gasteiger partial charge in [0.25, 0.3) is 0 Å². The van der Waals surface area contributed by atoms with Crippen LogP contribution in [0.5, 0.6) is 0 Å². The zero-order valence-electron chi connectivity index (χ0n) is 14.1. The van der Waals surface area contributed by atoms with Crippen LogP contribution in [0.3, 0.4) is 0 Å². The Morgan fingerprint density at radius 3 is 1.42 bits per heavy atom. The minimum atomic E-state index is -1.30. The number of hydrogen-bond acceptors (Lipinski definition) is 5. The average molecular weight is 350 g/mol. The highest BCUT2D eigenvalue weighted by atomic mass is 32.2. The van der Waals surface area contributed by atoms with Gasteiger partial charge in [-0.1, -0.05) is 60.7 Å². The molecule has 2 aromatic rings. The monoisotopic (exact) mass is 350 g/mol. The molecule has 6 heteroatoms. The molecule has 2 rings (SSSR count). The van der Waals surface area contributed by atoms with Gasteiger partial charge in [0.05, 0.1) is 0 Å². The molecule has 0 aliphatic heterocycles. The van der Waals surface area contributed by atoms with E-state index in [0.717, 1.165) is 12.8 Å². The van der Waals surface area contributed by atoms with Crippen molar-refractivity contribution in [2.45, 2.75) is 37.6 Å². The molecule has 5 nitrogen and oxygen atoms in total. The van der Waals surface area contributed by atoms with E-state index < -0.39 is 22.0 Å². The van der Waals surface area contributed by atoms with E-state index in [-0.39, 0.29) is 0 Å². The van der Waals surface area contributed by atoms with Crippen LogP contribution in [-0.4, -0.2) is 15.4 Å². The molecule has 0 saturated carbocycles. The van der Waals surface area contributed by atoms with Crippen molar-refractivity contribution in [3.8, 4) is 0 Å². The van der Waals surface area contributed by atoms with Crippen LogP contribution in [0.2, 0.25) is 0 Å². The van der Waals surface area contributed by atoms with Crippen molar-refractivity contribution >= 4 is 11.2 Å². The van der Waals surface area contributed by atoms with Gasteiger partial charge in [0, 0.05) is 25.0 Å². The molecule has 2 unspecified atom stereocenters. The Morgan fingerprint density at radius 1 is 0.792 bits per heavy atom. The Morgan fingerprint density at radius 2 is 1.12 bits per heavy atom. The summed E-state index contributed by atoms with van der Waals surface area (Å²) in [5, 5.41) is 0. The lowest BCUT2D eigenvalue weighted by molar-refractivity contribution is 0.0928. The van der Waals surface area contributed by atoms with Crippen LogP contribution in [-0.2, 0) is 33.7 Å². The van der Waals surface area contributed by atoms with E-state index in [1.165, 1.54) is 11.1 Å². The topological polar surface area (TPSA) is 93.6 Å². The zero-order chi connectivity index (χ0) is 17.8. The highest BCUT2D eigenvalue weighted by Gasteiger charge is 2.24. The molecule has 0 fully saturated rings. The Labute approximate surface area is 147 Å². The lowest BCUT2D eigenvalue weighted by atomic mass is 10.0. The first kappa shape index (κ1) is 20.6. The van der Waals surface area contributed by atoms with Crippen molar-refractivity contribution in [1.29, 1.82) is 0 Å². The Balaban J connectivity index is 0.000000257. The predicted octanol–water partition coefficient (Wildman–Crippen LogP) is 2.68. The minimum absolute atomic E-state index is 0.557. The Bertz CT molecular complexity index is 493. The SMILES string of the molecule is CC(ON)[S+]([O-])C(C)ON.c1ccc(CCc2ccccc2)cc1. The van der Waals surface area contributed by atoms with Crippen molar-refractivity contribution in [3.05, 3.63) is 71.8 Å². The number of benzene rings is 2. The van der Waals surface area contributed by atoms with Gasteiger partial charge in [0.2, 0.25) is 10.9 Å². The zero-order valence-corrected chi connectivity index (χ0v) is 14.9. The first-order valence-corrected chi connectivity index (χ1v) is 9.04. The van der Waals surface area contributed by atoms with Crippen LogP contribution < -0.4 is 11.8 Å². The first-order chi connectivity index (χ1) is 11.6. The van der Waals surface area contributed by atoms with Gasteiger partial charge in [-0.15, -0.1) is 0 Å². The van der Waals surface area contributed by atoms with Gasteiger partial charge in [-0.05, 0) is 24.0 Å². The van der Waals surface area contributed by atoms with E-state index in [0.29, 0.717) is 0 Å². The quantitative estimate of drug-likeness (QED) is 0.591. The van der Waals surface area contributed by atoms with Crippen LogP contribution in [0.1, 0.15) is 25.0 Å². The second-order valence-electron chi connectivity index (χ2n) is 5.21. The molecule has 0 aromatic heterocycles. The molecule has 4 N–H and O–H groups in total. The van der Waals surface area contributed by atoms with Gasteiger partial charge in [0.1, 0.15) is 0 Å². The summed E-state index contributed by atoms with van der Waals surface area (Å²) in [7, 11) is 0. The molecule has 0 aliphatic rings. The van der Waals surface area contributed by atoms with Crippen LogP contribution >= 0.6 is 0 Å². The Kier molecular flexibility index (Phi) is 10.3.